The summed E-state index contributed by atoms with van der Waals surface area (Å²) in [5.74, 6) is -0.353. The van der Waals surface area contributed by atoms with Gasteiger partial charge in [0.1, 0.15) is 11.2 Å². The van der Waals surface area contributed by atoms with E-state index in [2.05, 4.69) is 17.3 Å². The molecule has 0 spiro atoms. The fraction of sp³-hybridized carbons (Fsp3) is 0.526. The van der Waals surface area contributed by atoms with Crippen molar-refractivity contribution < 1.29 is 9.18 Å². The Bertz CT molecular complexity index is 683. The second-order valence-corrected chi connectivity index (χ2v) is 7.74. The van der Waals surface area contributed by atoms with Crippen LogP contribution in [-0.4, -0.2) is 48.9 Å². The number of nitrogens with zero attached hydrogens (tertiary/aromatic N) is 2. The Morgan fingerprint density at radius 3 is 2.69 bits per heavy atom. The molecular formula is C19H27ClFN3OS. The van der Waals surface area contributed by atoms with Gasteiger partial charge in [0.15, 0.2) is 0 Å². The summed E-state index contributed by atoms with van der Waals surface area (Å²) in [5.41, 5.74) is 1.73. The number of allylic oxidation sites excluding steroid dienone is 1. The second-order valence-electron chi connectivity index (χ2n) is 6.22. The Morgan fingerprint density at radius 2 is 2.00 bits per heavy atom. The monoisotopic (exact) mass is 399 g/mol. The first-order valence-electron chi connectivity index (χ1n) is 9.02. The third kappa shape index (κ3) is 4.93. The largest absolute Gasteiger partial charge is 0.372 e. The standard InChI is InChI=1S/C17H21ClFN3OS.C2H6/c1-11-15(17(23)22-7-3-6-21(2)8-9-22)24-16(20-11)12-4-5-14(19)13(18)10-12;1-2/h4-5,10,16,20H,3,6-9H2,1-2H3;1-2H3. The zero-order valence-corrected chi connectivity index (χ0v) is 17.4. The average Bonchev–Trinajstić information content (AvgIpc) is 2.89. The molecule has 144 valence electrons. The van der Waals surface area contributed by atoms with Crippen molar-refractivity contribution in [1.82, 2.24) is 15.1 Å². The van der Waals surface area contributed by atoms with Crippen LogP contribution in [0.2, 0.25) is 5.02 Å². The van der Waals surface area contributed by atoms with Crippen molar-refractivity contribution in [3.05, 3.63) is 45.2 Å². The first-order valence-corrected chi connectivity index (χ1v) is 10.3. The molecule has 3 rings (SSSR count). The van der Waals surface area contributed by atoms with E-state index in [1.807, 2.05) is 25.7 Å². The molecule has 1 fully saturated rings. The molecule has 0 bridgehead atoms. The van der Waals surface area contributed by atoms with Gasteiger partial charge in [0.05, 0.1) is 9.93 Å². The zero-order valence-electron chi connectivity index (χ0n) is 15.8. The van der Waals surface area contributed by atoms with Gasteiger partial charge in [-0.25, -0.2) is 4.39 Å². The number of hydrogen-bond donors (Lipinski definition) is 1. The lowest BCUT2D eigenvalue weighted by atomic mass is 10.2. The topological polar surface area (TPSA) is 35.6 Å². The van der Waals surface area contributed by atoms with E-state index in [0.717, 1.165) is 48.8 Å². The first kappa shape index (κ1) is 21.1. The minimum absolute atomic E-state index is 0.0796. The Hall–Kier alpha value is -1.24. The molecule has 2 aliphatic rings. The summed E-state index contributed by atoms with van der Waals surface area (Å²) < 4.78 is 13.3. The number of carbonyl (C=O) groups excluding carboxylic acids is 1. The molecule has 1 aromatic carbocycles. The van der Waals surface area contributed by atoms with Crippen molar-refractivity contribution in [2.45, 2.75) is 32.6 Å². The molecule has 0 saturated carbocycles. The molecule has 0 aromatic heterocycles. The van der Waals surface area contributed by atoms with Crippen LogP contribution in [0.1, 0.15) is 38.1 Å². The number of carbonyl (C=O) groups is 1. The van der Waals surface area contributed by atoms with Gasteiger partial charge in [-0.2, -0.15) is 0 Å². The molecule has 7 heteroatoms. The summed E-state index contributed by atoms with van der Waals surface area (Å²) >= 11 is 7.35. The summed E-state index contributed by atoms with van der Waals surface area (Å²) in [4.78, 5) is 17.8. The Morgan fingerprint density at radius 1 is 1.27 bits per heavy atom. The maximum Gasteiger partial charge on any atom is 0.262 e. The fourth-order valence-corrected chi connectivity index (χ4v) is 4.34. The van der Waals surface area contributed by atoms with Gasteiger partial charge in [-0.15, -0.1) is 0 Å². The predicted molar refractivity (Wildman–Crippen MR) is 108 cm³/mol. The van der Waals surface area contributed by atoms with E-state index in [4.69, 9.17) is 11.6 Å². The quantitative estimate of drug-likeness (QED) is 0.806. The van der Waals surface area contributed by atoms with Crippen molar-refractivity contribution in [3.8, 4) is 0 Å². The minimum Gasteiger partial charge on any atom is -0.372 e. The van der Waals surface area contributed by atoms with E-state index in [1.165, 1.54) is 17.8 Å². The van der Waals surface area contributed by atoms with E-state index in [1.54, 1.807) is 12.1 Å². The number of nitrogens with one attached hydrogen (secondary N) is 1. The lowest BCUT2D eigenvalue weighted by Gasteiger charge is -2.21. The van der Waals surface area contributed by atoms with Crippen LogP contribution < -0.4 is 5.32 Å². The molecular weight excluding hydrogens is 373 g/mol. The van der Waals surface area contributed by atoms with Crippen LogP contribution in [0.15, 0.2) is 28.8 Å². The third-order valence-corrected chi connectivity index (χ3v) is 6.00. The minimum atomic E-state index is -0.432. The lowest BCUT2D eigenvalue weighted by molar-refractivity contribution is -0.126. The van der Waals surface area contributed by atoms with Gasteiger partial charge in [0.2, 0.25) is 0 Å². The van der Waals surface area contributed by atoms with Crippen molar-refractivity contribution in [2.24, 2.45) is 0 Å². The molecule has 0 radical (unpaired) electrons. The smallest absolute Gasteiger partial charge is 0.262 e. The Labute approximate surface area is 164 Å². The molecule has 1 unspecified atom stereocenters. The number of amides is 1. The molecule has 26 heavy (non-hydrogen) atoms. The van der Waals surface area contributed by atoms with Gasteiger partial charge >= 0.3 is 0 Å². The number of rotatable bonds is 2. The van der Waals surface area contributed by atoms with Gasteiger partial charge in [0.25, 0.3) is 5.91 Å². The summed E-state index contributed by atoms with van der Waals surface area (Å²) in [6.45, 7) is 9.36. The van der Waals surface area contributed by atoms with E-state index < -0.39 is 5.82 Å². The van der Waals surface area contributed by atoms with Crippen LogP contribution in [0, 0.1) is 5.82 Å². The highest BCUT2D eigenvalue weighted by Gasteiger charge is 2.31. The fourth-order valence-electron chi connectivity index (χ4n) is 2.93. The molecule has 1 atom stereocenters. The highest BCUT2D eigenvalue weighted by molar-refractivity contribution is 8.04. The van der Waals surface area contributed by atoms with Crippen LogP contribution in [-0.2, 0) is 4.79 Å². The van der Waals surface area contributed by atoms with E-state index in [9.17, 15) is 9.18 Å². The number of halogens is 2. The van der Waals surface area contributed by atoms with Gasteiger partial charge in [-0.1, -0.05) is 43.3 Å². The summed E-state index contributed by atoms with van der Waals surface area (Å²) in [7, 11) is 2.08. The molecule has 1 aromatic rings. The van der Waals surface area contributed by atoms with Gasteiger partial charge in [0, 0.05) is 25.3 Å². The maximum absolute atomic E-state index is 13.3. The normalized spacial score (nSPS) is 21.0. The van der Waals surface area contributed by atoms with Gasteiger partial charge in [-0.3, -0.25) is 4.79 Å². The summed E-state index contributed by atoms with van der Waals surface area (Å²) in [6, 6.07) is 4.68. The Kier molecular flexibility index (Phi) is 7.80. The SMILES string of the molecule is CC.CC1=C(C(=O)N2CCCN(C)CC2)SC(c2ccc(F)c(Cl)c2)N1. The van der Waals surface area contributed by atoms with Gasteiger partial charge in [-0.05, 0) is 44.6 Å². The number of thioether (sulfide) groups is 1. The number of benzene rings is 1. The van der Waals surface area contributed by atoms with Gasteiger partial charge < -0.3 is 15.1 Å². The van der Waals surface area contributed by atoms with Crippen molar-refractivity contribution in [2.75, 3.05) is 33.2 Å². The van der Waals surface area contributed by atoms with Crippen LogP contribution in [0.4, 0.5) is 4.39 Å². The van der Waals surface area contributed by atoms with Crippen LogP contribution >= 0.6 is 23.4 Å². The molecule has 2 aliphatic heterocycles. The first-order chi connectivity index (χ1) is 12.5. The van der Waals surface area contributed by atoms with Crippen LogP contribution in [0.25, 0.3) is 0 Å². The zero-order chi connectivity index (χ0) is 19.3. The lowest BCUT2D eigenvalue weighted by Crippen LogP contribution is -2.35. The second kappa shape index (κ2) is 9.62. The van der Waals surface area contributed by atoms with E-state index in [0.29, 0.717) is 0 Å². The number of likely N-dealkylation sites (N-methyl/N-ethyl adjacent to an activating group) is 1. The molecule has 1 amide bonds. The van der Waals surface area contributed by atoms with Crippen molar-refractivity contribution >= 4 is 29.3 Å². The average molecular weight is 400 g/mol. The van der Waals surface area contributed by atoms with Crippen LogP contribution in [0.3, 0.4) is 0 Å². The van der Waals surface area contributed by atoms with Crippen LogP contribution in [0.5, 0.6) is 0 Å². The Balaban J connectivity index is 0.00000117. The summed E-state index contributed by atoms with van der Waals surface area (Å²) in [6.07, 6.45) is 0.990. The molecule has 1 saturated heterocycles. The maximum atomic E-state index is 13.3. The molecule has 1 N–H and O–H groups in total. The van der Waals surface area contributed by atoms with E-state index >= 15 is 0 Å². The molecule has 0 aliphatic carbocycles. The van der Waals surface area contributed by atoms with Crippen molar-refractivity contribution in [1.29, 1.82) is 0 Å². The van der Waals surface area contributed by atoms with E-state index in [-0.39, 0.29) is 16.3 Å². The predicted octanol–water partition coefficient (Wildman–Crippen LogP) is 4.24. The summed E-state index contributed by atoms with van der Waals surface area (Å²) in [5, 5.41) is 3.30. The third-order valence-electron chi connectivity index (χ3n) is 4.37. The molecule has 2 heterocycles. The highest BCUT2D eigenvalue weighted by Crippen LogP contribution is 2.41. The number of hydrogen-bond acceptors (Lipinski definition) is 4. The molecule has 4 nitrogen and oxygen atoms in total. The highest BCUT2D eigenvalue weighted by atomic mass is 35.5. The van der Waals surface area contributed by atoms with Crippen molar-refractivity contribution in [3.63, 3.8) is 0 Å².